The zero-order valence-corrected chi connectivity index (χ0v) is 14.7. The molecular formula is C21H16ClNO3. The first-order valence-corrected chi connectivity index (χ1v) is 8.33. The predicted molar refractivity (Wildman–Crippen MR) is 105 cm³/mol. The van der Waals surface area contributed by atoms with Gasteiger partial charge in [-0.3, -0.25) is 4.79 Å². The third-order valence-electron chi connectivity index (χ3n) is 3.98. The molecule has 0 aliphatic carbocycles. The van der Waals surface area contributed by atoms with Crippen LogP contribution in [0.2, 0.25) is 5.02 Å². The number of rotatable bonds is 4. The van der Waals surface area contributed by atoms with Gasteiger partial charge in [0.05, 0.1) is 11.3 Å². The number of carbonyl (C=O) groups is 2. The van der Waals surface area contributed by atoms with Crippen LogP contribution in [0.4, 0.5) is 5.69 Å². The monoisotopic (exact) mass is 365 g/mol. The summed E-state index contributed by atoms with van der Waals surface area (Å²) in [5.74, 6) is -1.53. The van der Waals surface area contributed by atoms with Gasteiger partial charge in [0, 0.05) is 10.6 Å². The Morgan fingerprint density at radius 2 is 1.73 bits per heavy atom. The number of hydrogen-bond donors (Lipinski definition) is 2. The van der Waals surface area contributed by atoms with E-state index >= 15 is 0 Å². The van der Waals surface area contributed by atoms with Gasteiger partial charge in [0.2, 0.25) is 0 Å². The fourth-order valence-corrected chi connectivity index (χ4v) is 2.81. The number of anilines is 1. The molecule has 0 atom stereocenters. The SMILES string of the molecule is CC(=Cc1ccc2ccccc2c1)C(=O)Nc1ccc(Cl)cc1C(=O)O. The molecule has 3 rings (SSSR count). The number of carbonyl (C=O) groups excluding carboxylic acids is 1. The van der Waals surface area contributed by atoms with Crippen LogP contribution in [0.25, 0.3) is 16.8 Å². The highest BCUT2D eigenvalue weighted by Gasteiger charge is 2.14. The van der Waals surface area contributed by atoms with Crippen molar-refractivity contribution in [2.75, 3.05) is 5.32 Å². The van der Waals surface area contributed by atoms with Crippen molar-refractivity contribution < 1.29 is 14.7 Å². The molecule has 0 fully saturated rings. The minimum absolute atomic E-state index is 0.0515. The number of hydrogen-bond acceptors (Lipinski definition) is 2. The molecule has 0 spiro atoms. The molecule has 2 N–H and O–H groups in total. The number of aromatic carboxylic acids is 1. The van der Waals surface area contributed by atoms with E-state index < -0.39 is 5.97 Å². The Balaban J connectivity index is 1.85. The first-order valence-electron chi connectivity index (χ1n) is 7.95. The summed E-state index contributed by atoms with van der Waals surface area (Å²) in [6.45, 7) is 1.68. The molecule has 3 aromatic carbocycles. The summed E-state index contributed by atoms with van der Waals surface area (Å²) in [7, 11) is 0. The lowest BCUT2D eigenvalue weighted by Crippen LogP contribution is -2.15. The largest absolute Gasteiger partial charge is 0.478 e. The Bertz CT molecular complexity index is 1040. The second kappa shape index (κ2) is 7.42. The van der Waals surface area contributed by atoms with E-state index in [2.05, 4.69) is 5.32 Å². The average molecular weight is 366 g/mol. The van der Waals surface area contributed by atoms with E-state index in [-0.39, 0.29) is 17.2 Å². The van der Waals surface area contributed by atoms with Gasteiger partial charge in [-0.05, 0) is 53.6 Å². The van der Waals surface area contributed by atoms with Crippen molar-refractivity contribution in [3.05, 3.63) is 82.4 Å². The van der Waals surface area contributed by atoms with Gasteiger partial charge in [0.1, 0.15) is 0 Å². The van der Waals surface area contributed by atoms with Gasteiger partial charge in [0.25, 0.3) is 5.91 Å². The Labute approximate surface area is 155 Å². The van der Waals surface area contributed by atoms with Crippen LogP contribution in [-0.4, -0.2) is 17.0 Å². The second-order valence-corrected chi connectivity index (χ2v) is 6.32. The number of fused-ring (bicyclic) bond motifs is 1. The quantitative estimate of drug-likeness (QED) is 0.622. The summed E-state index contributed by atoms with van der Waals surface area (Å²) in [6, 6.07) is 18.2. The van der Waals surface area contributed by atoms with Crippen LogP contribution in [0, 0.1) is 0 Å². The van der Waals surface area contributed by atoms with Gasteiger partial charge >= 0.3 is 5.97 Å². The highest BCUT2D eigenvalue weighted by molar-refractivity contribution is 6.31. The summed E-state index contributed by atoms with van der Waals surface area (Å²) >= 11 is 5.83. The van der Waals surface area contributed by atoms with Crippen LogP contribution in [0.5, 0.6) is 0 Å². The molecule has 0 aromatic heterocycles. The minimum atomic E-state index is -1.15. The second-order valence-electron chi connectivity index (χ2n) is 5.88. The highest BCUT2D eigenvalue weighted by Crippen LogP contribution is 2.22. The van der Waals surface area contributed by atoms with Gasteiger partial charge in [-0.15, -0.1) is 0 Å². The Morgan fingerprint density at radius 3 is 2.46 bits per heavy atom. The minimum Gasteiger partial charge on any atom is -0.478 e. The molecule has 0 heterocycles. The number of halogens is 1. The van der Waals surface area contributed by atoms with Crippen LogP contribution in [0.3, 0.4) is 0 Å². The van der Waals surface area contributed by atoms with Crippen LogP contribution in [0.15, 0.2) is 66.2 Å². The summed E-state index contributed by atoms with van der Waals surface area (Å²) in [6.07, 6.45) is 1.76. The normalized spacial score (nSPS) is 11.4. The standard InChI is InChI=1S/C21H16ClNO3/c1-13(10-14-6-7-15-4-2-3-5-16(15)11-14)20(24)23-19-9-8-17(22)12-18(19)21(25)26/h2-12H,1H3,(H,23,24)(H,25,26). The van der Waals surface area contributed by atoms with E-state index in [0.29, 0.717) is 10.6 Å². The molecule has 0 aliphatic rings. The Kier molecular flexibility index (Phi) is 5.05. The summed E-state index contributed by atoms with van der Waals surface area (Å²) in [4.78, 5) is 23.8. The predicted octanol–water partition coefficient (Wildman–Crippen LogP) is 5.23. The molecule has 0 saturated carbocycles. The van der Waals surface area contributed by atoms with E-state index in [1.54, 1.807) is 13.0 Å². The number of benzene rings is 3. The molecule has 4 nitrogen and oxygen atoms in total. The van der Waals surface area contributed by atoms with Gasteiger partial charge in [-0.25, -0.2) is 4.79 Å². The zero-order chi connectivity index (χ0) is 18.7. The summed E-state index contributed by atoms with van der Waals surface area (Å²) < 4.78 is 0. The molecule has 0 saturated heterocycles. The molecule has 1 amide bonds. The van der Waals surface area contributed by atoms with E-state index in [1.807, 2.05) is 42.5 Å². The first kappa shape index (κ1) is 17.7. The lowest BCUT2D eigenvalue weighted by molar-refractivity contribution is -0.112. The summed E-state index contributed by atoms with van der Waals surface area (Å²) in [5.41, 5.74) is 1.51. The van der Waals surface area contributed by atoms with Gasteiger partial charge in [-0.2, -0.15) is 0 Å². The third kappa shape index (κ3) is 3.92. The van der Waals surface area contributed by atoms with E-state index in [1.165, 1.54) is 18.2 Å². The average Bonchev–Trinajstić information content (AvgIpc) is 2.62. The third-order valence-corrected chi connectivity index (χ3v) is 4.21. The lowest BCUT2D eigenvalue weighted by Gasteiger charge is -2.09. The molecule has 130 valence electrons. The van der Waals surface area contributed by atoms with Crippen LogP contribution >= 0.6 is 11.6 Å². The van der Waals surface area contributed by atoms with Crippen molar-refractivity contribution in [3.63, 3.8) is 0 Å². The van der Waals surface area contributed by atoms with Crippen molar-refractivity contribution in [3.8, 4) is 0 Å². The molecule has 0 unspecified atom stereocenters. The van der Waals surface area contributed by atoms with Crippen molar-refractivity contribution in [2.45, 2.75) is 6.92 Å². The molecule has 3 aromatic rings. The van der Waals surface area contributed by atoms with E-state index in [9.17, 15) is 14.7 Å². The fourth-order valence-electron chi connectivity index (χ4n) is 2.64. The van der Waals surface area contributed by atoms with Crippen LogP contribution in [-0.2, 0) is 4.79 Å². The topological polar surface area (TPSA) is 66.4 Å². The van der Waals surface area contributed by atoms with Crippen molar-refractivity contribution >= 4 is 46.0 Å². The van der Waals surface area contributed by atoms with Crippen LogP contribution in [0.1, 0.15) is 22.8 Å². The first-order chi connectivity index (χ1) is 12.4. The Morgan fingerprint density at radius 1 is 1.00 bits per heavy atom. The van der Waals surface area contributed by atoms with Gasteiger partial charge < -0.3 is 10.4 Å². The molecular weight excluding hydrogens is 350 g/mol. The molecule has 0 aliphatic heterocycles. The van der Waals surface area contributed by atoms with Gasteiger partial charge in [0.15, 0.2) is 0 Å². The zero-order valence-electron chi connectivity index (χ0n) is 14.0. The highest BCUT2D eigenvalue weighted by atomic mass is 35.5. The maximum absolute atomic E-state index is 12.4. The van der Waals surface area contributed by atoms with E-state index in [4.69, 9.17) is 11.6 Å². The lowest BCUT2D eigenvalue weighted by atomic mass is 10.1. The van der Waals surface area contributed by atoms with Crippen LogP contribution < -0.4 is 5.32 Å². The molecule has 26 heavy (non-hydrogen) atoms. The van der Waals surface area contributed by atoms with Gasteiger partial charge in [-0.1, -0.05) is 48.0 Å². The smallest absolute Gasteiger partial charge is 0.337 e. The van der Waals surface area contributed by atoms with Crippen molar-refractivity contribution in [1.82, 2.24) is 0 Å². The Hall–Kier alpha value is -3.11. The van der Waals surface area contributed by atoms with Crippen molar-refractivity contribution in [2.24, 2.45) is 0 Å². The molecule has 5 heteroatoms. The maximum Gasteiger partial charge on any atom is 0.337 e. The fraction of sp³-hybridized carbons (Fsp3) is 0.0476. The summed E-state index contributed by atoms with van der Waals surface area (Å²) in [5, 5.41) is 14.4. The number of amides is 1. The molecule has 0 bridgehead atoms. The number of carboxylic acid groups (broad SMARTS) is 1. The van der Waals surface area contributed by atoms with Crippen molar-refractivity contribution in [1.29, 1.82) is 0 Å². The number of carboxylic acids is 1. The molecule has 0 radical (unpaired) electrons. The number of nitrogens with one attached hydrogen (secondary N) is 1. The maximum atomic E-state index is 12.4. The van der Waals surface area contributed by atoms with E-state index in [0.717, 1.165) is 16.3 Å².